The minimum Gasteiger partial charge on any atom is -0.351 e. The Morgan fingerprint density at radius 3 is 2.58 bits per heavy atom. The Labute approximate surface area is 214 Å². The summed E-state index contributed by atoms with van der Waals surface area (Å²) in [6.07, 6.45) is 10.9. The highest BCUT2D eigenvalue weighted by Crippen LogP contribution is 2.36. The van der Waals surface area contributed by atoms with Crippen LogP contribution in [0.3, 0.4) is 0 Å². The third-order valence-electron chi connectivity index (χ3n) is 8.13. The molecule has 3 aliphatic rings. The smallest absolute Gasteiger partial charge is 0.229 e. The number of carbonyl (C=O) groups is 1. The number of nitrogens with zero attached hydrogens (tertiary/aromatic N) is 4. The van der Waals surface area contributed by atoms with Crippen molar-refractivity contribution < 1.29 is 13.2 Å². The average molecular weight is 512 g/mol. The van der Waals surface area contributed by atoms with Gasteiger partial charge in [0.1, 0.15) is 5.69 Å². The van der Waals surface area contributed by atoms with Gasteiger partial charge in [-0.1, -0.05) is 38.7 Å². The van der Waals surface area contributed by atoms with Crippen LogP contribution in [0.15, 0.2) is 35.4 Å². The van der Waals surface area contributed by atoms with Gasteiger partial charge in [-0.15, -0.1) is 0 Å². The van der Waals surface area contributed by atoms with Gasteiger partial charge in [-0.05, 0) is 55.7 Å². The maximum absolute atomic E-state index is 13.2. The maximum atomic E-state index is 13.2. The van der Waals surface area contributed by atoms with Crippen molar-refractivity contribution in [1.29, 1.82) is 0 Å². The zero-order valence-corrected chi connectivity index (χ0v) is 22.1. The molecular weight excluding hydrogens is 474 g/mol. The zero-order chi connectivity index (χ0) is 25.3. The third-order valence-corrected chi connectivity index (χ3v) is 10.0. The largest absolute Gasteiger partial charge is 0.351 e. The average Bonchev–Trinajstić information content (AvgIpc) is 3.36. The fraction of sp³-hybridized carbons (Fsp3) is 0.593. The summed E-state index contributed by atoms with van der Waals surface area (Å²) in [5, 5.41) is 3.22. The van der Waals surface area contributed by atoms with Crippen molar-refractivity contribution in [3.63, 3.8) is 0 Å². The maximum Gasteiger partial charge on any atom is 0.229 e. The van der Waals surface area contributed by atoms with Crippen LogP contribution < -0.4 is 15.1 Å². The molecule has 2 heterocycles. The van der Waals surface area contributed by atoms with E-state index < -0.39 is 9.84 Å². The highest BCUT2D eigenvalue weighted by atomic mass is 32.2. The molecule has 2 fully saturated rings. The molecule has 0 atom stereocenters. The first-order valence-electron chi connectivity index (χ1n) is 13.3. The van der Waals surface area contributed by atoms with Gasteiger partial charge in [-0.3, -0.25) is 4.79 Å². The van der Waals surface area contributed by atoms with Crippen LogP contribution in [0.2, 0.25) is 0 Å². The van der Waals surface area contributed by atoms with E-state index in [1.807, 2.05) is 6.07 Å². The summed E-state index contributed by atoms with van der Waals surface area (Å²) in [6, 6.07) is 7.33. The monoisotopic (exact) mass is 511 g/mol. The lowest BCUT2D eigenvalue weighted by Gasteiger charge is -2.30. The molecule has 1 amide bonds. The van der Waals surface area contributed by atoms with Gasteiger partial charge < -0.3 is 15.1 Å². The molecule has 2 aliphatic carbocycles. The van der Waals surface area contributed by atoms with E-state index in [2.05, 4.69) is 22.1 Å². The molecule has 2 saturated carbocycles. The lowest BCUT2D eigenvalue weighted by Crippen LogP contribution is -2.34. The number of carbonyl (C=O) groups excluding carboxylic acids is 1. The highest BCUT2D eigenvalue weighted by Gasteiger charge is 2.32. The molecule has 1 aromatic heterocycles. The molecule has 0 saturated heterocycles. The molecule has 36 heavy (non-hydrogen) atoms. The number of amides is 1. The second-order valence-corrected chi connectivity index (χ2v) is 12.8. The van der Waals surface area contributed by atoms with Crippen molar-refractivity contribution in [3.05, 3.63) is 30.5 Å². The standard InChI is InChI=1S/C27H37N5O3S/c1-19-10-12-20(13-11-19)18-36(34,35)23-9-5-6-21(16-23)29-27-28-17-24-26(30-27)32(22-7-3-4-8-22)15-14-25(33)31(24)2/h5-6,9,16-17,19-20,22H,3-4,7-8,10-15,18H2,1-2H3,(H,28,29,30). The van der Waals surface area contributed by atoms with Crippen molar-refractivity contribution in [2.24, 2.45) is 11.8 Å². The number of rotatable bonds is 6. The predicted octanol–water partition coefficient (Wildman–Crippen LogP) is 4.94. The second-order valence-electron chi connectivity index (χ2n) is 10.8. The van der Waals surface area contributed by atoms with Gasteiger partial charge in [-0.2, -0.15) is 4.98 Å². The SMILES string of the molecule is CC1CCC(CS(=O)(=O)c2cccc(Nc3ncc4c(n3)N(C3CCCC3)CCC(=O)N4C)c2)CC1. The van der Waals surface area contributed by atoms with E-state index in [1.165, 1.54) is 12.8 Å². The van der Waals surface area contributed by atoms with Gasteiger partial charge in [0.25, 0.3) is 0 Å². The van der Waals surface area contributed by atoms with E-state index in [1.54, 1.807) is 36.3 Å². The first kappa shape index (κ1) is 25.0. The number of fused-ring (bicyclic) bond motifs is 1. The van der Waals surface area contributed by atoms with Gasteiger partial charge in [-0.25, -0.2) is 13.4 Å². The fourth-order valence-corrected chi connectivity index (χ4v) is 7.61. The molecule has 0 spiro atoms. The van der Waals surface area contributed by atoms with E-state index in [-0.39, 0.29) is 17.6 Å². The van der Waals surface area contributed by atoms with E-state index >= 15 is 0 Å². The lowest BCUT2D eigenvalue weighted by atomic mass is 9.84. The van der Waals surface area contributed by atoms with Crippen molar-refractivity contribution in [2.75, 3.05) is 34.5 Å². The summed E-state index contributed by atoms with van der Waals surface area (Å²) in [4.78, 5) is 26.1. The Bertz CT molecular complexity index is 1200. The van der Waals surface area contributed by atoms with Gasteiger partial charge in [0.15, 0.2) is 15.7 Å². The number of nitrogens with one attached hydrogen (secondary N) is 1. The lowest BCUT2D eigenvalue weighted by molar-refractivity contribution is -0.118. The highest BCUT2D eigenvalue weighted by molar-refractivity contribution is 7.91. The minimum atomic E-state index is -3.38. The number of hydrogen-bond donors (Lipinski definition) is 1. The van der Waals surface area contributed by atoms with Crippen molar-refractivity contribution in [1.82, 2.24) is 9.97 Å². The first-order valence-corrected chi connectivity index (χ1v) is 15.0. The summed E-state index contributed by atoms with van der Waals surface area (Å²) in [6.45, 7) is 2.89. The zero-order valence-electron chi connectivity index (χ0n) is 21.3. The van der Waals surface area contributed by atoms with E-state index in [0.29, 0.717) is 47.1 Å². The van der Waals surface area contributed by atoms with Crippen LogP contribution >= 0.6 is 0 Å². The third kappa shape index (κ3) is 5.36. The fourth-order valence-electron chi connectivity index (χ4n) is 5.87. The molecule has 2 aromatic rings. The van der Waals surface area contributed by atoms with Crippen molar-refractivity contribution in [2.45, 2.75) is 75.6 Å². The van der Waals surface area contributed by atoms with Gasteiger partial charge in [0.05, 0.1) is 16.8 Å². The predicted molar refractivity (Wildman–Crippen MR) is 143 cm³/mol. The summed E-state index contributed by atoms with van der Waals surface area (Å²) >= 11 is 0. The van der Waals surface area contributed by atoms with E-state index in [9.17, 15) is 13.2 Å². The number of hydrogen-bond acceptors (Lipinski definition) is 7. The van der Waals surface area contributed by atoms with E-state index in [4.69, 9.17) is 4.98 Å². The molecule has 1 aliphatic heterocycles. The summed E-state index contributed by atoms with van der Waals surface area (Å²) < 4.78 is 26.3. The number of sulfone groups is 1. The Morgan fingerprint density at radius 2 is 1.83 bits per heavy atom. The Hall–Kier alpha value is -2.68. The van der Waals surface area contributed by atoms with Gasteiger partial charge in [0, 0.05) is 31.7 Å². The van der Waals surface area contributed by atoms with Gasteiger partial charge in [0.2, 0.25) is 11.9 Å². The van der Waals surface area contributed by atoms with Crippen LogP contribution in [0.25, 0.3) is 0 Å². The first-order chi connectivity index (χ1) is 17.3. The molecule has 5 rings (SSSR count). The van der Waals surface area contributed by atoms with Crippen LogP contribution in [0.1, 0.15) is 64.7 Å². The number of anilines is 4. The van der Waals surface area contributed by atoms with Crippen LogP contribution in [0.5, 0.6) is 0 Å². The van der Waals surface area contributed by atoms with Crippen LogP contribution in [0, 0.1) is 11.8 Å². The second kappa shape index (κ2) is 10.4. The quantitative estimate of drug-likeness (QED) is 0.587. The summed E-state index contributed by atoms with van der Waals surface area (Å²) in [7, 11) is -1.60. The minimum absolute atomic E-state index is 0.0615. The Morgan fingerprint density at radius 1 is 1.08 bits per heavy atom. The van der Waals surface area contributed by atoms with Crippen LogP contribution in [-0.4, -0.2) is 49.7 Å². The number of aromatic nitrogens is 2. The van der Waals surface area contributed by atoms with Crippen molar-refractivity contribution in [3.8, 4) is 0 Å². The Balaban J connectivity index is 1.37. The molecule has 0 radical (unpaired) electrons. The van der Waals surface area contributed by atoms with Crippen LogP contribution in [0.4, 0.5) is 23.1 Å². The van der Waals surface area contributed by atoms with Crippen LogP contribution in [-0.2, 0) is 14.6 Å². The molecule has 1 N–H and O–H groups in total. The van der Waals surface area contributed by atoms with Gasteiger partial charge >= 0.3 is 0 Å². The number of benzene rings is 1. The molecule has 1 aromatic carbocycles. The summed E-state index contributed by atoms with van der Waals surface area (Å²) in [5.41, 5.74) is 1.35. The normalized spacial score (nSPS) is 23.4. The van der Waals surface area contributed by atoms with E-state index in [0.717, 1.165) is 44.3 Å². The molecule has 0 unspecified atom stereocenters. The van der Waals surface area contributed by atoms with Crippen molar-refractivity contribution >= 4 is 38.9 Å². The summed E-state index contributed by atoms with van der Waals surface area (Å²) in [5.74, 6) is 2.36. The molecular formula is C27H37N5O3S. The molecule has 9 heteroatoms. The molecule has 0 bridgehead atoms. The molecule has 8 nitrogen and oxygen atoms in total. The molecule has 194 valence electrons. The Kier molecular flexibility index (Phi) is 7.19. The topological polar surface area (TPSA) is 95.5 Å².